The Bertz CT molecular complexity index is 749. The molecular weight excluding hydrogens is 330 g/mol. The van der Waals surface area contributed by atoms with Gasteiger partial charge in [0.05, 0.1) is 14.2 Å². The first-order chi connectivity index (χ1) is 12.4. The van der Waals surface area contributed by atoms with Gasteiger partial charge in [-0.2, -0.15) is 0 Å². The van der Waals surface area contributed by atoms with Crippen LogP contribution in [0.2, 0.25) is 0 Å². The molecule has 1 unspecified atom stereocenters. The van der Waals surface area contributed by atoms with Gasteiger partial charge < -0.3 is 24.6 Å². The van der Waals surface area contributed by atoms with Crippen molar-refractivity contribution >= 4 is 6.08 Å². The van der Waals surface area contributed by atoms with Crippen molar-refractivity contribution < 1.29 is 19.3 Å². The number of benzene rings is 1. The van der Waals surface area contributed by atoms with E-state index in [1.807, 2.05) is 37.3 Å². The highest BCUT2D eigenvalue weighted by Crippen LogP contribution is 2.32. The second-order valence-electron chi connectivity index (χ2n) is 6.24. The number of rotatable bonds is 8. The molecule has 2 rings (SSSR count). The molecule has 0 radical (unpaired) electrons. The van der Waals surface area contributed by atoms with Crippen molar-refractivity contribution in [3.8, 4) is 11.5 Å². The van der Waals surface area contributed by atoms with E-state index in [0.717, 1.165) is 23.1 Å². The average Bonchev–Trinajstić information content (AvgIpc) is 2.65. The van der Waals surface area contributed by atoms with Crippen molar-refractivity contribution in [2.45, 2.75) is 25.5 Å². The van der Waals surface area contributed by atoms with E-state index >= 15 is 0 Å². The number of aromatic hydroxyl groups is 1. The summed E-state index contributed by atoms with van der Waals surface area (Å²) in [5.41, 5.74) is 1.84. The molecule has 1 heterocycles. The fourth-order valence-corrected chi connectivity index (χ4v) is 2.70. The summed E-state index contributed by atoms with van der Waals surface area (Å²) in [6, 6.07) is 3.61. The number of hydrogen-bond acceptors (Lipinski definition) is 5. The second-order valence-corrected chi connectivity index (χ2v) is 6.24. The molecule has 0 aromatic heterocycles. The first-order valence-corrected chi connectivity index (χ1v) is 8.42. The van der Waals surface area contributed by atoms with Crippen LogP contribution in [0.25, 0.3) is 6.08 Å². The molecule has 0 saturated carbocycles. The van der Waals surface area contributed by atoms with Crippen molar-refractivity contribution in [1.82, 2.24) is 5.32 Å². The Kier molecular flexibility index (Phi) is 6.52. The number of methoxy groups -OCH3 is 3. The van der Waals surface area contributed by atoms with Crippen LogP contribution in [0.3, 0.4) is 0 Å². The molecule has 0 fully saturated rings. The van der Waals surface area contributed by atoms with Gasteiger partial charge in [0.1, 0.15) is 17.3 Å². The van der Waals surface area contributed by atoms with Crippen LogP contribution in [0.4, 0.5) is 0 Å². The topological polar surface area (TPSA) is 60.0 Å². The monoisotopic (exact) mass is 357 g/mol. The number of nitrogens with one attached hydrogen (secondary N) is 1. The summed E-state index contributed by atoms with van der Waals surface area (Å²) >= 11 is 0. The van der Waals surface area contributed by atoms with Crippen LogP contribution in [0, 0.1) is 0 Å². The Morgan fingerprint density at radius 2 is 2.04 bits per heavy atom. The predicted octanol–water partition coefficient (Wildman–Crippen LogP) is 3.91. The third kappa shape index (κ3) is 4.70. The van der Waals surface area contributed by atoms with Crippen LogP contribution in [-0.2, 0) is 15.9 Å². The van der Waals surface area contributed by atoms with Crippen LogP contribution in [0.1, 0.15) is 24.5 Å². The molecule has 1 aliphatic heterocycles. The molecule has 0 spiro atoms. The lowest BCUT2D eigenvalue weighted by Gasteiger charge is -2.29. The normalized spacial score (nSPS) is 19.2. The lowest BCUT2D eigenvalue weighted by molar-refractivity contribution is 0.0516. The zero-order valence-corrected chi connectivity index (χ0v) is 15.8. The third-order valence-corrected chi connectivity index (χ3v) is 4.24. The standard InChI is InChI=1S/C21H27NO4/c1-15(2)6-7-18-19(23)12-16(13-20(18)25-4)8-10-21(26-5)14-17(24-3)9-11-22-21/h8-14,22-23H,1,6-7H2,2-5H3/b10-8+. The fraction of sp³-hybridized carbons (Fsp3) is 0.333. The highest BCUT2D eigenvalue weighted by Gasteiger charge is 2.25. The Labute approximate surface area is 155 Å². The van der Waals surface area contributed by atoms with Gasteiger partial charge in [-0.15, -0.1) is 6.58 Å². The van der Waals surface area contributed by atoms with Gasteiger partial charge in [0.25, 0.3) is 0 Å². The van der Waals surface area contributed by atoms with E-state index in [-0.39, 0.29) is 5.75 Å². The lowest BCUT2D eigenvalue weighted by atomic mass is 10.0. The number of hydrogen-bond donors (Lipinski definition) is 2. The molecule has 2 N–H and O–H groups in total. The molecular formula is C21H27NO4. The molecule has 1 aliphatic rings. The SMILES string of the molecule is C=C(C)CCc1c(O)cc(/C=C/C2(OC)C=C(OC)C=CN2)cc1OC. The van der Waals surface area contributed by atoms with Crippen LogP contribution in [-0.4, -0.2) is 32.2 Å². The van der Waals surface area contributed by atoms with Crippen LogP contribution in [0.15, 0.2) is 54.5 Å². The largest absolute Gasteiger partial charge is 0.508 e. The molecule has 140 valence electrons. The Balaban J connectivity index is 2.30. The zero-order valence-electron chi connectivity index (χ0n) is 15.8. The summed E-state index contributed by atoms with van der Waals surface area (Å²) in [6.07, 6.45) is 10.6. The van der Waals surface area contributed by atoms with Crippen LogP contribution < -0.4 is 10.1 Å². The van der Waals surface area contributed by atoms with Gasteiger partial charge in [0.15, 0.2) is 5.72 Å². The van der Waals surface area contributed by atoms with Gasteiger partial charge in [-0.3, -0.25) is 0 Å². The van der Waals surface area contributed by atoms with E-state index in [4.69, 9.17) is 14.2 Å². The summed E-state index contributed by atoms with van der Waals surface area (Å²) in [4.78, 5) is 0. The number of dihydropyridines is 1. The maximum atomic E-state index is 10.4. The first-order valence-electron chi connectivity index (χ1n) is 8.42. The molecule has 1 aromatic carbocycles. The van der Waals surface area contributed by atoms with Gasteiger partial charge in [-0.1, -0.05) is 11.6 Å². The van der Waals surface area contributed by atoms with Crippen molar-refractivity contribution in [2.24, 2.45) is 0 Å². The molecule has 0 bridgehead atoms. The zero-order chi connectivity index (χ0) is 19.2. The number of phenols is 1. The minimum Gasteiger partial charge on any atom is -0.508 e. The summed E-state index contributed by atoms with van der Waals surface area (Å²) in [5, 5.41) is 13.6. The predicted molar refractivity (Wildman–Crippen MR) is 104 cm³/mol. The lowest BCUT2D eigenvalue weighted by Crippen LogP contribution is -2.42. The Hall–Kier alpha value is -2.66. The molecule has 0 amide bonds. The third-order valence-electron chi connectivity index (χ3n) is 4.24. The highest BCUT2D eigenvalue weighted by atomic mass is 16.5. The van der Waals surface area contributed by atoms with Gasteiger partial charge in [-0.05, 0) is 49.6 Å². The number of ether oxygens (including phenoxy) is 3. The van der Waals surface area contributed by atoms with Gasteiger partial charge in [-0.25, -0.2) is 0 Å². The van der Waals surface area contributed by atoms with E-state index < -0.39 is 5.72 Å². The summed E-state index contributed by atoms with van der Waals surface area (Å²) < 4.78 is 16.3. The quantitative estimate of drug-likeness (QED) is 0.691. The maximum absolute atomic E-state index is 10.4. The summed E-state index contributed by atoms with van der Waals surface area (Å²) in [6.45, 7) is 5.88. The smallest absolute Gasteiger partial charge is 0.180 e. The maximum Gasteiger partial charge on any atom is 0.180 e. The average molecular weight is 357 g/mol. The molecule has 5 nitrogen and oxygen atoms in total. The molecule has 1 atom stereocenters. The highest BCUT2D eigenvalue weighted by molar-refractivity contribution is 5.60. The number of phenolic OH excluding ortho intramolecular Hbond substituents is 1. The first kappa shape index (κ1) is 19.7. The van der Waals surface area contributed by atoms with E-state index in [1.165, 1.54) is 0 Å². The number of allylic oxidation sites excluding steroid dienone is 2. The van der Waals surface area contributed by atoms with E-state index in [1.54, 1.807) is 33.6 Å². The van der Waals surface area contributed by atoms with Crippen LogP contribution >= 0.6 is 0 Å². The molecule has 26 heavy (non-hydrogen) atoms. The molecule has 0 aliphatic carbocycles. The molecule has 5 heteroatoms. The Morgan fingerprint density at radius 3 is 2.65 bits per heavy atom. The van der Waals surface area contributed by atoms with Gasteiger partial charge in [0.2, 0.25) is 0 Å². The van der Waals surface area contributed by atoms with E-state index in [9.17, 15) is 5.11 Å². The fourth-order valence-electron chi connectivity index (χ4n) is 2.70. The summed E-state index contributed by atoms with van der Waals surface area (Å²) in [5.74, 6) is 1.56. The summed E-state index contributed by atoms with van der Waals surface area (Å²) in [7, 11) is 4.82. The van der Waals surface area contributed by atoms with Crippen molar-refractivity contribution in [3.05, 3.63) is 65.6 Å². The van der Waals surface area contributed by atoms with E-state index in [0.29, 0.717) is 17.9 Å². The Morgan fingerprint density at radius 1 is 1.27 bits per heavy atom. The van der Waals surface area contributed by atoms with Crippen LogP contribution in [0.5, 0.6) is 11.5 Å². The van der Waals surface area contributed by atoms with E-state index in [2.05, 4.69) is 11.9 Å². The van der Waals surface area contributed by atoms with Crippen molar-refractivity contribution in [3.63, 3.8) is 0 Å². The van der Waals surface area contributed by atoms with Gasteiger partial charge >= 0.3 is 0 Å². The molecule has 0 saturated heterocycles. The minimum atomic E-state index is -0.818. The molecule has 1 aromatic rings. The minimum absolute atomic E-state index is 0.210. The van der Waals surface area contributed by atoms with Gasteiger partial charge in [0, 0.05) is 24.9 Å². The van der Waals surface area contributed by atoms with Crippen molar-refractivity contribution in [1.29, 1.82) is 0 Å². The van der Waals surface area contributed by atoms with Crippen molar-refractivity contribution in [2.75, 3.05) is 21.3 Å². The second kappa shape index (κ2) is 8.63.